The summed E-state index contributed by atoms with van der Waals surface area (Å²) < 4.78 is 0. The first kappa shape index (κ1) is 33.0. The van der Waals surface area contributed by atoms with Crippen molar-refractivity contribution in [3.8, 4) is 66.8 Å². The second-order valence-corrected chi connectivity index (χ2v) is 14.8. The van der Waals surface area contributed by atoms with Crippen LogP contribution in [0.3, 0.4) is 0 Å². The summed E-state index contributed by atoms with van der Waals surface area (Å²) in [7, 11) is 0. The first-order valence-electron chi connectivity index (χ1n) is 19.7. The van der Waals surface area contributed by atoms with Gasteiger partial charge in [-0.3, -0.25) is 0 Å². The summed E-state index contributed by atoms with van der Waals surface area (Å²) in [6, 6.07) is 82.1. The van der Waals surface area contributed by atoms with E-state index >= 15 is 0 Å². The maximum absolute atomic E-state index is 2.62. The monoisotopic (exact) mass is 724 g/mol. The predicted octanol–water partition coefficient (Wildman–Crippen LogP) is 13.7. The smallest absolute Gasteiger partial charge is 0.361 e. The van der Waals surface area contributed by atoms with Crippen LogP contribution in [0, 0.1) is 0 Å². The van der Waals surface area contributed by atoms with Crippen molar-refractivity contribution >= 4 is 35.2 Å². The Kier molecular flexibility index (Phi) is 7.96. The molecule has 0 aliphatic carbocycles. The van der Waals surface area contributed by atoms with Crippen molar-refractivity contribution in [2.45, 2.75) is 0 Å². The van der Waals surface area contributed by atoms with Crippen molar-refractivity contribution in [2.24, 2.45) is 0 Å². The van der Waals surface area contributed by atoms with Crippen LogP contribution in [0.15, 0.2) is 224 Å². The fraction of sp³-hybridized carbons (Fsp3) is 0. The van der Waals surface area contributed by atoms with Crippen LogP contribution >= 0.6 is 0 Å². The standard InChI is InChI=1S/C54H37BN2/c1-5-18-38(19-6-1)42-32-34-52(48(36-42)40-22-9-3-10-23-40)56-50-30-15-13-26-44(50)46-28-17-29-47-45-27-14-16-31-51(45)57(55(56)54(46)47)53-35-33-43(39-20-7-2-8-21-39)37-49(53)41-24-11-4-12-25-41/h1-37H. The molecule has 0 atom stereocenters. The normalized spacial score (nSPS) is 12.5. The number of anilines is 4. The zero-order valence-electron chi connectivity index (χ0n) is 31.3. The SMILES string of the molecule is c1ccc(-c2ccc(N3B4c5c(cccc5-c5ccccc5N4c4ccc(-c5ccccc5)cc4-c4ccccc4)-c4ccccc43)c(-c3ccccc3)c2)cc1. The average Bonchev–Trinajstić information content (AvgIpc) is 3.30. The van der Waals surface area contributed by atoms with Crippen LogP contribution in [-0.4, -0.2) is 6.98 Å². The number of fused-ring (bicyclic) bond motifs is 4. The van der Waals surface area contributed by atoms with Crippen molar-refractivity contribution in [1.29, 1.82) is 0 Å². The van der Waals surface area contributed by atoms with Gasteiger partial charge >= 0.3 is 6.98 Å². The van der Waals surface area contributed by atoms with Crippen molar-refractivity contribution in [3.63, 3.8) is 0 Å². The molecule has 0 saturated heterocycles. The lowest BCUT2D eigenvalue weighted by Crippen LogP contribution is -2.62. The number of hydrogen-bond acceptors (Lipinski definition) is 2. The van der Waals surface area contributed by atoms with Crippen LogP contribution < -0.4 is 15.1 Å². The van der Waals surface area contributed by atoms with Crippen molar-refractivity contribution in [3.05, 3.63) is 224 Å². The zero-order valence-corrected chi connectivity index (χ0v) is 31.3. The molecular formula is C54H37BN2. The molecule has 0 bridgehead atoms. The van der Waals surface area contributed by atoms with Gasteiger partial charge in [0.05, 0.1) is 0 Å². The van der Waals surface area contributed by atoms with Gasteiger partial charge < -0.3 is 9.62 Å². The Morgan fingerprint density at radius 2 is 0.561 bits per heavy atom. The van der Waals surface area contributed by atoms with E-state index in [0.717, 1.165) is 11.4 Å². The molecule has 9 aromatic carbocycles. The second kappa shape index (κ2) is 13.7. The van der Waals surface area contributed by atoms with Crippen LogP contribution in [0.4, 0.5) is 22.7 Å². The number of para-hydroxylation sites is 2. The molecule has 2 heterocycles. The summed E-state index contributed by atoms with van der Waals surface area (Å²) in [5.41, 5.74) is 20.5. The van der Waals surface area contributed by atoms with Gasteiger partial charge in [-0.2, -0.15) is 0 Å². The lowest BCUT2D eigenvalue weighted by atomic mass is 9.53. The Labute approximate surface area is 334 Å². The van der Waals surface area contributed by atoms with Crippen LogP contribution in [0.2, 0.25) is 0 Å². The van der Waals surface area contributed by atoms with Crippen molar-refractivity contribution in [1.82, 2.24) is 0 Å². The molecule has 57 heavy (non-hydrogen) atoms. The van der Waals surface area contributed by atoms with Gasteiger partial charge in [-0.15, -0.1) is 0 Å². The van der Waals surface area contributed by atoms with Gasteiger partial charge in [-0.25, -0.2) is 0 Å². The number of rotatable bonds is 6. The third-order valence-corrected chi connectivity index (χ3v) is 11.7. The van der Waals surface area contributed by atoms with E-state index in [4.69, 9.17) is 0 Å². The van der Waals surface area contributed by atoms with E-state index in [0.29, 0.717) is 0 Å². The zero-order chi connectivity index (χ0) is 37.7. The van der Waals surface area contributed by atoms with Crippen LogP contribution in [0.25, 0.3) is 66.8 Å². The van der Waals surface area contributed by atoms with Gasteiger partial charge in [0.25, 0.3) is 0 Å². The summed E-state index contributed by atoms with van der Waals surface area (Å²) in [5, 5.41) is 0. The van der Waals surface area contributed by atoms with E-state index in [-0.39, 0.29) is 6.98 Å². The van der Waals surface area contributed by atoms with Crippen LogP contribution in [-0.2, 0) is 0 Å². The van der Waals surface area contributed by atoms with Crippen LogP contribution in [0.1, 0.15) is 0 Å². The summed E-state index contributed by atoms with van der Waals surface area (Å²) in [6.07, 6.45) is 0. The number of nitrogens with zero attached hydrogens (tertiary/aromatic N) is 2. The highest BCUT2D eigenvalue weighted by molar-refractivity contribution is 6.86. The topological polar surface area (TPSA) is 6.48 Å². The molecule has 2 aliphatic heterocycles. The molecule has 0 aromatic heterocycles. The maximum Gasteiger partial charge on any atom is 0.421 e. The van der Waals surface area contributed by atoms with Crippen LogP contribution in [0.5, 0.6) is 0 Å². The first-order valence-corrected chi connectivity index (χ1v) is 19.7. The van der Waals surface area contributed by atoms with Gasteiger partial charge in [0.15, 0.2) is 0 Å². The van der Waals surface area contributed by atoms with Gasteiger partial charge in [0.2, 0.25) is 0 Å². The van der Waals surface area contributed by atoms with E-state index in [1.807, 2.05) is 0 Å². The molecule has 0 fully saturated rings. The molecule has 0 spiro atoms. The summed E-state index contributed by atoms with van der Waals surface area (Å²) >= 11 is 0. The van der Waals surface area contributed by atoms with Gasteiger partial charge in [-0.05, 0) is 86.4 Å². The first-order chi connectivity index (χ1) is 28.3. The van der Waals surface area contributed by atoms with E-state index < -0.39 is 0 Å². The predicted molar refractivity (Wildman–Crippen MR) is 242 cm³/mol. The summed E-state index contributed by atoms with van der Waals surface area (Å²) in [4.78, 5) is 5.24. The third-order valence-electron chi connectivity index (χ3n) is 11.7. The molecule has 0 saturated carbocycles. The van der Waals surface area contributed by atoms with Gasteiger partial charge in [0, 0.05) is 45.0 Å². The van der Waals surface area contributed by atoms with E-state index in [1.54, 1.807) is 0 Å². The second-order valence-electron chi connectivity index (χ2n) is 14.8. The molecule has 2 aliphatic rings. The summed E-state index contributed by atoms with van der Waals surface area (Å²) in [5.74, 6) is 0. The Balaban J connectivity index is 1.23. The largest absolute Gasteiger partial charge is 0.421 e. The molecule has 2 nitrogen and oxygen atoms in total. The fourth-order valence-electron chi connectivity index (χ4n) is 9.11. The molecule has 3 heteroatoms. The molecule has 11 rings (SSSR count). The average molecular weight is 725 g/mol. The minimum Gasteiger partial charge on any atom is -0.361 e. The minimum absolute atomic E-state index is 0.212. The van der Waals surface area contributed by atoms with Crippen molar-refractivity contribution < 1.29 is 0 Å². The Morgan fingerprint density at radius 1 is 0.228 bits per heavy atom. The maximum atomic E-state index is 2.62. The molecule has 0 radical (unpaired) electrons. The molecule has 9 aromatic rings. The summed E-state index contributed by atoms with van der Waals surface area (Å²) in [6.45, 7) is -0.212. The Hall–Kier alpha value is -7.36. The fourth-order valence-corrected chi connectivity index (χ4v) is 9.11. The Bertz CT molecular complexity index is 2710. The number of hydrogen-bond donors (Lipinski definition) is 0. The van der Waals surface area contributed by atoms with Gasteiger partial charge in [0.1, 0.15) is 0 Å². The number of benzene rings is 9. The lowest BCUT2D eigenvalue weighted by molar-refractivity contribution is 1.26. The van der Waals surface area contributed by atoms with Crippen molar-refractivity contribution in [2.75, 3.05) is 9.62 Å². The lowest BCUT2D eigenvalue weighted by Gasteiger charge is -2.48. The Morgan fingerprint density at radius 3 is 0.982 bits per heavy atom. The molecular weight excluding hydrogens is 687 g/mol. The molecule has 0 N–H and O–H groups in total. The van der Waals surface area contributed by atoms with E-state index in [2.05, 4.69) is 234 Å². The minimum atomic E-state index is -0.212. The van der Waals surface area contributed by atoms with Gasteiger partial charge in [-0.1, -0.05) is 188 Å². The van der Waals surface area contributed by atoms with E-state index in [1.165, 1.54) is 83.6 Å². The highest BCUT2D eigenvalue weighted by atomic mass is 15.2. The van der Waals surface area contributed by atoms with E-state index in [9.17, 15) is 0 Å². The third kappa shape index (κ3) is 5.51. The highest BCUT2D eigenvalue weighted by Crippen LogP contribution is 2.52. The molecule has 0 unspecified atom stereocenters. The quantitative estimate of drug-likeness (QED) is 0.158. The molecule has 266 valence electrons. The highest BCUT2D eigenvalue weighted by Gasteiger charge is 2.47. The molecule has 0 amide bonds.